The Morgan fingerprint density at radius 2 is 1.61 bits per heavy atom. The molecule has 0 saturated heterocycles. The van der Waals surface area contributed by atoms with Gasteiger partial charge in [-0.15, -0.1) is 0 Å². The number of hydrogen-bond donors (Lipinski definition) is 0. The van der Waals surface area contributed by atoms with Gasteiger partial charge in [-0.3, -0.25) is 0 Å². The minimum Gasteiger partial charge on any atom is -0.379 e. The number of fused-ring (bicyclic) bond motifs is 1. The van der Waals surface area contributed by atoms with Crippen LogP contribution in [0.4, 0.5) is 0 Å². The van der Waals surface area contributed by atoms with E-state index in [0.29, 0.717) is 5.75 Å². The van der Waals surface area contributed by atoms with Crippen molar-refractivity contribution in [2.24, 2.45) is 5.92 Å². The fourth-order valence-electron chi connectivity index (χ4n) is 5.21. The highest BCUT2D eigenvalue weighted by Gasteiger charge is 2.28. The van der Waals surface area contributed by atoms with Gasteiger partial charge in [0.1, 0.15) is 10.6 Å². The van der Waals surface area contributed by atoms with E-state index in [2.05, 4.69) is 56.3 Å². The number of allylic oxidation sites excluding steroid dienone is 2. The molecule has 4 rings (SSSR count). The largest absolute Gasteiger partial charge is 0.379 e. The van der Waals surface area contributed by atoms with Crippen molar-refractivity contribution in [3.63, 3.8) is 0 Å². The molecule has 200 valence electrons. The van der Waals surface area contributed by atoms with E-state index in [1.54, 1.807) is 30.3 Å². The summed E-state index contributed by atoms with van der Waals surface area (Å²) in [5.74, 6) is 0.907. The molecule has 1 aliphatic carbocycles. The van der Waals surface area contributed by atoms with Gasteiger partial charge in [0.15, 0.2) is 0 Å². The van der Waals surface area contributed by atoms with Gasteiger partial charge in [0, 0.05) is 5.92 Å². The molecule has 2 unspecified atom stereocenters. The van der Waals surface area contributed by atoms with Gasteiger partial charge in [-0.2, -0.15) is 8.42 Å². The summed E-state index contributed by atoms with van der Waals surface area (Å²) in [6, 6.07) is 22.9. The van der Waals surface area contributed by atoms with E-state index < -0.39 is 10.1 Å². The first-order valence-corrected chi connectivity index (χ1v) is 15.4. The first kappa shape index (κ1) is 27.9. The molecule has 0 spiro atoms. The van der Waals surface area contributed by atoms with E-state index >= 15 is 0 Å². The molecule has 0 fully saturated rings. The van der Waals surface area contributed by atoms with Crippen molar-refractivity contribution in [2.75, 3.05) is 0 Å². The maximum atomic E-state index is 12.9. The molecule has 0 heterocycles. The van der Waals surface area contributed by atoms with Crippen LogP contribution in [0.1, 0.15) is 87.0 Å². The van der Waals surface area contributed by atoms with Crippen molar-refractivity contribution in [1.29, 1.82) is 0 Å². The van der Waals surface area contributed by atoms with Gasteiger partial charge < -0.3 is 4.18 Å². The number of rotatable bonds is 13. The second-order valence-electron chi connectivity index (χ2n) is 10.5. The Hall–Kier alpha value is -3.11. The van der Waals surface area contributed by atoms with E-state index in [9.17, 15) is 8.42 Å². The van der Waals surface area contributed by atoms with E-state index in [0.717, 1.165) is 24.0 Å². The molecule has 38 heavy (non-hydrogen) atoms. The molecule has 0 aliphatic heterocycles. The summed E-state index contributed by atoms with van der Waals surface area (Å²) >= 11 is 0. The first-order chi connectivity index (χ1) is 18.4. The van der Waals surface area contributed by atoms with Crippen LogP contribution in [-0.4, -0.2) is 8.42 Å². The molecule has 0 bridgehead atoms. The van der Waals surface area contributed by atoms with Gasteiger partial charge in [0.2, 0.25) is 0 Å². The summed E-state index contributed by atoms with van der Waals surface area (Å²) in [6.07, 6.45) is 15.3. The second-order valence-corrected chi connectivity index (χ2v) is 12.0. The zero-order chi connectivity index (χ0) is 27.0. The van der Waals surface area contributed by atoms with Gasteiger partial charge in [-0.05, 0) is 60.2 Å². The molecule has 0 radical (unpaired) electrons. The van der Waals surface area contributed by atoms with Crippen molar-refractivity contribution in [3.05, 3.63) is 107 Å². The van der Waals surface area contributed by atoms with E-state index in [4.69, 9.17) is 4.18 Å². The number of benzene rings is 3. The lowest BCUT2D eigenvalue weighted by molar-refractivity contribution is 0.485. The normalized spacial score (nSPS) is 15.9. The lowest BCUT2D eigenvalue weighted by Gasteiger charge is -2.21. The van der Waals surface area contributed by atoms with Gasteiger partial charge in [-0.1, -0.05) is 130 Å². The third-order valence-electron chi connectivity index (χ3n) is 7.42. The van der Waals surface area contributed by atoms with Crippen LogP contribution in [0.5, 0.6) is 5.75 Å². The van der Waals surface area contributed by atoms with Crippen LogP contribution in [0.3, 0.4) is 0 Å². The Labute approximate surface area is 229 Å². The number of aryl methyl sites for hydroxylation is 1. The first-order valence-electron chi connectivity index (χ1n) is 14.0. The predicted octanol–water partition coefficient (Wildman–Crippen LogP) is 9.34. The topological polar surface area (TPSA) is 43.4 Å². The Morgan fingerprint density at radius 1 is 0.895 bits per heavy atom. The summed E-state index contributed by atoms with van der Waals surface area (Å²) in [7, 11) is -3.89. The molecule has 1 aliphatic rings. The fourth-order valence-corrected chi connectivity index (χ4v) is 6.13. The van der Waals surface area contributed by atoms with Crippen LogP contribution in [0, 0.1) is 12.8 Å². The minimum absolute atomic E-state index is 0.172. The number of unbranched alkanes of at least 4 members (excludes halogenated alkanes) is 5. The molecule has 0 aromatic heterocycles. The van der Waals surface area contributed by atoms with Crippen molar-refractivity contribution < 1.29 is 12.6 Å². The maximum absolute atomic E-state index is 12.9. The Kier molecular flexibility index (Phi) is 9.63. The molecular weight excluding hydrogens is 488 g/mol. The van der Waals surface area contributed by atoms with E-state index in [1.807, 2.05) is 25.1 Å². The van der Waals surface area contributed by atoms with Crippen LogP contribution in [0.15, 0.2) is 89.3 Å². The summed E-state index contributed by atoms with van der Waals surface area (Å²) in [5, 5.41) is 0. The van der Waals surface area contributed by atoms with Crippen LogP contribution in [-0.2, 0) is 10.1 Å². The van der Waals surface area contributed by atoms with Crippen molar-refractivity contribution in [3.8, 4) is 5.75 Å². The minimum atomic E-state index is -3.89. The average molecular weight is 529 g/mol. The van der Waals surface area contributed by atoms with Crippen molar-refractivity contribution in [1.82, 2.24) is 0 Å². The molecule has 4 heteroatoms. The molecule has 2 atom stereocenters. The molecular formula is C34H40O3S. The smallest absolute Gasteiger partial charge is 0.339 e. The third kappa shape index (κ3) is 7.26. The SMILES string of the molecule is CCCCCCCCC1C(C(C)/C=C/c2ccccc2)=Cc2ccc(OS(=O)(=O)c3ccc(C)cc3)cc21. The quantitative estimate of drug-likeness (QED) is 0.164. The highest BCUT2D eigenvalue weighted by molar-refractivity contribution is 7.87. The molecule has 3 aromatic rings. The Bertz CT molecular complexity index is 1350. The molecule has 0 amide bonds. The van der Waals surface area contributed by atoms with Crippen molar-refractivity contribution >= 4 is 22.3 Å². The summed E-state index contributed by atoms with van der Waals surface area (Å²) in [4.78, 5) is 0.172. The maximum Gasteiger partial charge on any atom is 0.339 e. The molecule has 3 nitrogen and oxygen atoms in total. The van der Waals surface area contributed by atoms with Gasteiger partial charge in [0.25, 0.3) is 0 Å². The summed E-state index contributed by atoms with van der Waals surface area (Å²) in [5.41, 5.74) is 5.92. The van der Waals surface area contributed by atoms with Gasteiger partial charge in [0.05, 0.1) is 0 Å². The van der Waals surface area contributed by atoms with Gasteiger partial charge in [-0.25, -0.2) is 0 Å². The highest BCUT2D eigenvalue weighted by atomic mass is 32.2. The second kappa shape index (κ2) is 13.1. The average Bonchev–Trinajstić information content (AvgIpc) is 3.27. The van der Waals surface area contributed by atoms with Crippen molar-refractivity contribution in [2.45, 2.75) is 76.5 Å². The lowest BCUT2D eigenvalue weighted by atomic mass is 9.84. The zero-order valence-electron chi connectivity index (χ0n) is 22.9. The van der Waals surface area contributed by atoms with Crippen LogP contribution < -0.4 is 4.18 Å². The summed E-state index contributed by atoms with van der Waals surface area (Å²) < 4.78 is 31.5. The molecule has 0 saturated carbocycles. The highest BCUT2D eigenvalue weighted by Crippen LogP contribution is 2.45. The Morgan fingerprint density at radius 3 is 2.34 bits per heavy atom. The summed E-state index contributed by atoms with van der Waals surface area (Å²) in [6.45, 7) is 6.43. The Balaban J connectivity index is 1.54. The van der Waals surface area contributed by atoms with Crippen LogP contribution in [0.2, 0.25) is 0 Å². The fraction of sp³-hybridized carbons (Fsp3) is 0.353. The monoisotopic (exact) mass is 528 g/mol. The predicted molar refractivity (Wildman–Crippen MR) is 159 cm³/mol. The number of hydrogen-bond acceptors (Lipinski definition) is 3. The zero-order valence-corrected chi connectivity index (χ0v) is 23.7. The molecule has 0 N–H and O–H groups in total. The standard InChI is InChI=1S/C34H40O3S/c1-4-5-6-7-8-12-15-32-33(27(3)18-19-28-13-10-9-11-14-28)24-29-20-21-30(25-34(29)32)37-38(35,36)31-22-16-26(2)17-23-31/h9-11,13-14,16-25,27,32H,4-8,12,15H2,1-3H3/b19-18+. The lowest BCUT2D eigenvalue weighted by Crippen LogP contribution is -2.10. The van der Waals surface area contributed by atoms with E-state index in [1.165, 1.54) is 48.8 Å². The van der Waals surface area contributed by atoms with Crippen LogP contribution >= 0.6 is 0 Å². The van der Waals surface area contributed by atoms with Crippen LogP contribution in [0.25, 0.3) is 12.2 Å². The van der Waals surface area contributed by atoms with Gasteiger partial charge >= 0.3 is 10.1 Å². The third-order valence-corrected chi connectivity index (χ3v) is 8.68. The van der Waals surface area contributed by atoms with E-state index in [-0.39, 0.29) is 16.7 Å². The molecule has 3 aromatic carbocycles.